The second-order valence-electron chi connectivity index (χ2n) is 10.7. The Balaban J connectivity index is 1.09. The highest BCUT2D eigenvalue weighted by molar-refractivity contribution is 6.31. The summed E-state index contributed by atoms with van der Waals surface area (Å²) < 4.78 is 9.45. The molecular formula is C29H20ClN9O2. The smallest absolute Gasteiger partial charge is 0.252 e. The van der Waals surface area contributed by atoms with E-state index in [2.05, 4.69) is 36.8 Å². The van der Waals surface area contributed by atoms with E-state index in [0.29, 0.717) is 23.5 Å². The van der Waals surface area contributed by atoms with Gasteiger partial charge in [0, 0.05) is 45.0 Å². The zero-order valence-electron chi connectivity index (χ0n) is 21.3. The molecule has 2 aromatic carbocycles. The van der Waals surface area contributed by atoms with E-state index in [4.69, 9.17) is 21.3 Å². The Kier molecular flexibility index (Phi) is 4.57. The molecule has 41 heavy (non-hydrogen) atoms. The van der Waals surface area contributed by atoms with Crippen LogP contribution in [-0.2, 0) is 6.61 Å². The molecule has 1 fully saturated rings. The first-order chi connectivity index (χ1) is 20.1. The van der Waals surface area contributed by atoms with Crippen molar-refractivity contribution in [1.29, 1.82) is 0 Å². The summed E-state index contributed by atoms with van der Waals surface area (Å²) >= 11 is 6.37. The van der Waals surface area contributed by atoms with Crippen molar-refractivity contribution in [3.05, 3.63) is 99.7 Å². The number of H-pyrrole nitrogens is 2. The van der Waals surface area contributed by atoms with Gasteiger partial charge in [-0.25, -0.2) is 4.98 Å². The number of fused-ring (bicyclic) bond motifs is 6. The Morgan fingerprint density at radius 1 is 1.02 bits per heavy atom. The summed E-state index contributed by atoms with van der Waals surface area (Å²) in [6, 6.07) is 15.2. The second-order valence-corrected chi connectivity index (χ2v) is 11.1. The normalized spacial score (nSPS) is 19.7. The second kappa shape index (κ2) is 8.24. The quantitative estimate of drug-likeness (QED) is 0.323. The van der Waals surface area contributed by atoms with Gasteiger partial charge in [-0.2, -0.15) is 9.78 Å². The fraction of sp³-hybridized carbons (Fsp3) is 0.172. The molecule has 12 heteroatoms. The zero-order valence-corrected chi connectivity index (χ0v) is 22.1. The van der Waals surface area contributed by atoms with Crippen LogP contribution < -0.4 is 10.3 Å². The number of aromatic nitrogens is 9. The summed E-state index contributed by atoms with van der Waals surface area (Å²) in [5, 5.41) is 19.3. The van der Waals surface area contributed by atoms with Crippen LogP contribution in [0.2, 0.25) is 5.02 Å². The number of benzene rings is 2. The minimum atomic E-state index is -0.148. The van der Waals surface area contributed by atoms with Crippen LogP contribution in [0.3, 0.4) is 0 Å². The molecule has 2 aliphatic heterocycles. The number of tetrazole rings is 1. The molecule has 0 amide bonds. The Labute approximate surface area is 236 Å². The number of pyridine rings is 1. The van der Waals surface area contributed by atoms with Gasteiger partial charge in [-0.05, 0) is 64.7 Å². The third kappa shape index (κ3) is 3.39. The lowest BCUT2D eigenvalue weighted by molar-refractivity contribution is 0.302. The summed E-state index contributed by atoms with van der Waals surface area (Å²) in [6.07, 6.45) is 6.17. The van der Waals surface area contributed by atoms with Crippen molar-refractivity contribution in [2.45, 2.75) is 25.0 Å². The number of hydrogen-bond acceptors (Lipinski definition) is 7. The van der Waals surface area contributed by atoms with E-state index in [9.17, 15) is 4.79 Å². The van der Waals surface area contributed by atoms with Crippen molar-refractivity contribution in [1.82, 2.24) is 44.9 Å². The van der Waals surface area contributed by atoms with Gasteiger partial charge in [0.2, 0.25) is 0 Å². The maximum Gasteiger partial charge on any atom is 0.252 e. The van der Waals surface area contributed by atoms with Gasteiger partial charge in [-0.3, -0.25) is 9.89 Å². The number of rotatable bonds is 4. The van der Waals surface area contributed by atoms with Crippen LogP contribution in [0, 0.1) is 5.92 Å². The van der Waals surface area contributed by atoms with Gasteiger partial charge < -0.3 is 14.3 Å². The first kappa shape index (κ1) is 22.8. The fourth-order valence-corrected chi connectivity index (χ4v) is 6.60. The Hall–Kier alpha value is -5.03. The lowest BCUT2D eigenvalue weighted by Crippen LogP contribution is -2.26. The molecule has 9 rings (SSSR count). The molecule has 0 saturated heterocycles. The fourth-order valence-electron chi connectivity index (χ4n) is 6.43. The van der Waals surface area contributed by atoms with E-state index < -0.39 is 0 Å². The van der Waals surface area contributed by atoms with Gasteiger partial charge >= 0.3 is 0 Å². The molecule has 1 aliphatic carbocycles. The standard InChI is InChI=1S/C29H20ClN9O2/c30-17-2-4-23(38-13-33-36-37-38)19(8-17)15-5-24-20-9-21(20)28(39(24)26(40)7-15)29-31-11-22(34-29)14-1-3-18-25(6-14)41-12-16-10-32-35-27(16)18/h1-8,10-11,13,20-21,28H,9,12H2,(H,31,34)(H,32,35)/t20-,21+,28+/m1/s1. The number of nitrogens with one attached hydrogen (secondary N) is 2. The highest BCUT2D eigenvalue weighted by Gasteiger charge is 2.54. The Bertz CT molecular complexity index is 2060. The molecule has 1 saturated carbocycles. The summed E-state index contributed by atoms with van der Waals surface area (Å²) in [4.78, 5) is 21.9. The molecule has 3 aliphatic rings. The van der Waals surface area contributed by atoms with Crippen LogP contribution in [0.25, 0.3) is 39.3 Å². The van der Waals surface area contributed by atoms with Crippen LogP contribution in [0.15, 0.2) is 72.0 Å². The SMILES string of the molecule is O=c1cc(-c2cc(Cl)ccc2-n2cnnn2)cc2n1[C@H](c1ncc(-c3ccc4c(c3)OCc3cn[nH]c3-4)[nH]1)[C@H]1C[C@@H]21. The molecule has 0 spiro atoms. The number of imidazole rings is 1. The van der Waals surface area contributed by atoms with Crippen molar-refractivity contribution < 1.29 is 4.74 Å². The molecule has 4 aromatic heterocycles. The highest BCUT2D eigenvalue weighted by atomic mass is 35.5. The van der Waals surface area contributed by atoms with Gasteiger partial charge in [-0.1, -0.05) is 17.7 Å². The average molecular weight is 562 g/mol. The lowest BCUT2D eigenvalue weighted by atomic mass is 10.0. The molecule has 11 nitrogen and oxygen atoms in total. The summed E-state index contributed by atoms with van der Waals surface area (Å²) in [7, 11) is 0. The van der Waals surface area contributed by atoms with Crippen molar-refractivity contribution in [2.75, 3.05) is 0 Å². The minimum Gasteiger partial charge on any atom is -0.488 e. The van der Waals surface area contributed by atoms with E-state index in [1.165, 1.54) is 6.33 Å². The van der Waals surface area contributed by atoms with Gasteiger partial charge in [0.1, 0.15) is 24.5 Å². The van der Waals surface area contributed by atoms with Gasteiger partial charge in [0.05, 0.1) is 35.5 Å². The van der Waals surface area contributed by atoms with Gasteiger partial charge in [-0.15, -0.1) is 5.10 Å². The monoisotopic (exact) mass is 561 g/mol. The zero-order chi connectivity index (χ0) is 27.2. The summed E-state index contributed by atoms with van der Waals surface area (Å²) in [6.45, 7) is 0.482. The largest absolute Gasteiger partial charge is 0.488 e. The predicted octanol–water partition coefficient (Wildman–Crippen LogP) is 4.52. The first-order valence-corrected chi connectivity index (χ1v) is 13.6. The van der Waals surface area contributed by atoms with Crippen molar-refractivity contribution >= 4 is 11.6 Å². The van der Waals surface area contributed by atoms with Crippen LogP contribution in [0.1, 0.15) is 35.5 Å². The molecule has 0 unspecified atom stereocenters. The average Bonchev–Trinajstić information content (AvgIpc) is 3.50. The topological polar surface area (TPSA) is 132 Å². The van der Waals surface area contributed by atoms with Crippen LogP contribution >= 0.6 is 11.6 Å². The molecule has 0 radical (unpaired) electrons. The highest BCUT2D eigenvalue weighted by Crippen LogP contribution is 2.60. The summed E-state index contributed by atoms with van der Waals surface area (Å²) in [5.74, 6) is 2.21. The third-order valence-corrected chi connectivity index (χ3v) is 8.64. The number of hydrogen-bond donors (Lipinski definition) is 2. The molecule has 3 atom stereocenters. The van der Waals surface area contributed by atoms with Crippen molar-refractivity contribution in [2.24, 2.45) is 5.92 Å². The van der Waals surface area contributed by atoms with Crippen molar-refractivity contribution in [3.8, 4) is 45.1 Å². The van der Waals surface area contributed by atoms with Gasteiger partial charge in [0.15, 0.2) is 0 Å². The van der Waals surface area contributed by atoms with Crippen LogP contribution in [-0.4, -0.2) is 44.9 Å². The number of aromatic amines is 2. The van der Waals surface area contributed by atoms with E-state index in [-0.39, 0.29) is 11.6 Å². The first-order valence-electron chi connectivity index (χ1n) is 13.3. The Morgan fingerprint density at radius 2 is 1.98 bits per heavy atom. The number of halogens is 1. The lowest BCUT2D eigenvalue weighted by Gasteiger charge is -2.18. The van der Waals surface area contributed by atoms with Gasteiger partial charge in [0.25, 0.3) is 5.56 Å². The molecule has 0 bridgehead atoms. The minimum absolute atomic E-state index is 0.0761. The molecule has 2 N–H and O–H groups in total. The number of nitrogens with zero attached hydrogens (tertiary/aromatic N) is 7. The predicted molar refractivity (Wildman–Crippen MR) is 149 cm³/mol. The van der Waals surface area contributed by atoms with E-state index in [1.54, 1.807) is 23.0 Å². The molecule has 6 aromatic rings. The number of ether oxygens (including phenoxy) is 1. The van der Waals surface area contributed by atoms with E-state index in [0.717, 1.165) is 68.6 Å². The maximum absolute atomic E-state index is 13.7. The third-order valence-electron chi connectivity index (χ3n) is 8.41. The Morgan fingerprint density at radius 3 is 2.88 bits per heavy atom. The van der Waals surface area contributed by atoms with Crippen LogP contribution in [0.4, 0.5) is 0 Å². The van der Waals surface area contributed by atoms with E-state index >= 15 is 0 Å². The van der Waals surface area contributed by atoms with Crippen LogP contribution in [0.5, 0.6) is 5.75 Å². The molecule has 6 heterocycles. The van der Waals surface area contributed by atoms with Crippen molar-refractivity contribution in [3.63, 3.8) is 0 Å². The maximum atomic E-state index is 13.7. The van der Waals surface area contributed by atoms with E-state index in [1.807, 2.05) is 41.1 Å². The molecule has 200 valence electrons. The summed E-state index contributed by atoms with van der Waals surface area (Å²) in [5.41, 5.74) is 8.14. The molecular weight excluding hydrogens is 542 g/mol.